The Bertz CT molecular complexity index is 1360. The second kappa shape index (κ2) is 9.96. The Kier molecular flexibility index (Phi) is 6.83. The summed E-state index contributed by atoms with van der Waals surface area (Å²) in [6.45, 7) is 1.94. The first kappa shape index (κ1) is 23.3. The lowest BCUT2D eigenvalue weighted by Crippen LogP contribution is -2.32. The van der Waals surface area contributed by atoms with Crippen molar-refractivity contribution in [3.05, 3.63) is 76.3 Å². The number of aromatic nitrogens is 5. The summed E-state index contributed by atoms with van der Waals surface area (Å²) >= 11 is 0. The number of carboxylic acids is 1. The number of carboxylic acid groups (broad SMARTS) is 1. The number of carbonyl (C=O) groups is 1. The Labute approximate surface area is 196 Å². The molecule has 4 rings (SSSR count). The number of rotatable bonds is 9. The molecule has 9 heteroatoms. The summed E-state index contributed by atoms with van der Waals surface area (Å²) in [5, 5.41) is 32.9. The van der Waals surface area contributed by atoms with E-state index in [9.17, 15) is 19.8 Å². The maximum Gasteiger partial charge on any atom is 0.309 e. The van der Waals surface area contributed by atoms with Crippen LogP contribution in [-0.2, 0) is 24.8 Å². The highest BCUT2D eigenvalue weighted by atomic mass is 16.4. The molecule has 2 aromatic heterocycles. The quantitative estimate of drug-likeness (QED) is 0.393. The minimum atomic E-state index is -1.10. The Hall–Kier alpha value is -3.85. The fourth-order valence-corrected chi connectivity index (χ4v) is 4.03. The van der Waals surface area contributed by atoms with E-state index >= 15 is 0 Å². The van der Waals surface area contributed by atoms with E-state index in [1.807, 2.05) is 50.5 Å². The standard InChI is InChI=1S/C25H27N5O4/c1-16-3-9-22-21(13-16)24(32)30(28-27-22)12-11-20(25(33)34)23(31)10-6-17-4-7-18(8-5-17)19-14-26-29(2)15-19/h3-5,7-9,13-15,20,23,31H,6,10-12H2,1-2H3,(H,33,34)/t20-,23+/m0/s1. The molecule has 0 aliphatic rings. The molecule has 0 fully saturated rings. The number of aliphatic hydroxyl groups is 1. The molecule has 34 heavy (non-hydrogen) atoms. The molecule has 0 radical (unpaired) electrons. The van der Waals surface area contributed by atoms with Crippen molar-refractivity contribution in [3.8, 4) is 11.1 Å². The van der Waals surface area contributed by atoms with Gasteiger partial charge in [0, 0.05) is 25.4 Å². The van der Waals surface area contributed by atoms with E-state index in [0.29, 0.717) is 23.7 Å². The average Bonchev–Trinajstić information content (AvgIpc) is 3.26. The molecule has 0 aliphatic heterocycles. The molecule has 9 nitrogen and oxygen atoms in total. The van der Waals surface area contributed by atoms with Gasteiger partial charge in [-0.2, -0.15) is 5.10 Å². The van der Waals surface area contributed by atoms with E-state index in [0.717, 1.165) is 22.3 Å². The molecule has 4 aromatic rings. The maximum atomic E-state index is 12.7. The van der Waals surface area contributed by atoms with Gasteiger partial charge in [0.25, 0.3) is 5.56 Å². The summed E-state index contributed by atoms with van der Waals surface area (Å²) in [5.41, 5.74) is 4.16. The molecular weight excluding hydrogens is 434 g/mol. The van der Waals surface area contributed by atoms with Crippen LogP contribution in [0.3, 0.4) is 0 Å². The first-order valence-electron chi connectivity index (χ1n) is 11.1. The number of fused-ring (bicyclic) bond motifs is 1. The van der Waals surface area contributed by atoms with Crippen LogP contribution in [0, 0.1) is 12.8 Å². The van der Waals surface area contributed by atoms with Crippen molar-refractivity contribution in [3.63, 3.8) is 0 Å². The monoisotopic (exact) mass is 461 g/mol. The van der Waals surface area contributed by atoms with E-state index < -0.39 is 18.0 Å². The van der Waals surface area contributed by atoms with Crippen molar-refractivity contribution in [2.24, 2.45) is 13.0 Å². The molecule has 0 spiro atoms. The van der Waals surface area contributed by atoms with E-state index in [2.05, 4.69) is 15.4 Å². The van der Waals surface area contributed by atoms with E-state index in [4.69, 9.17) is 0 Å². The summed E-state index contributed by atoms with van der Waals surface area (Å²) in [5.74, 6) is -2.12. The molecule has 176 valence electrons. The number of aryl methyl sites for hydroxylation is 4. The van der Waals surface area contributed by atoms with Crippen molar-refractivity contribution in [1.82, 2.24) is 24.8 Å². The highest BCUT2D eigenvalue weighted by Crippen LogP contribution is 2.21. The van der Waals surface area contributed by atoms with Crippen LogP contribution in [0.2, 0.25) is 0 Å². The van der Waals surface area contributed by atoms with Gasteiger partial charge in [0.2, 0.25) is 0 Å². The molecule has 2 atom stereocenters. The first-order chi connectivity index (χ1) is 16.3. The third kappa shape index (κ3) is 5.20. The lowest BCUT2D eigenvalue weighted by atomic mass is 9.93. The highest BCUT2D eigenvalue weighted by Gasteiger charge is 2.26. The average molecular weight is 462 g/mol. The van der Waals surface area contributed by atoms with Crippen molar-refractivity contribution >= 4 is 16.9 Å². The summed E-state index contributed by atoms with van der Waals surface area (Å²) in [6, 6.07) is 13.2. The molecule has 0 amide bonds. The number of benzene rings is 2. The van der Waals surface area contributed by atoms with Crippen molar-refractivity contribution in [1.29, 1.82) is 0 Å². The summed E-state index contributed by atoms with van der Waals surface area (Å²) in [7, 11) is 1.86. The Morgan fingerprint density at radius 1 is 1.09 bits per heavy atom. The summed E-state index contributed by atoms with van der Waals surface area (Å²) in [6.07, 6.45) is 3.57. The Morgan fingerprint density at radius 3 is 2.53 bits per heavy atom. The number of aliphatic carboxylic acids is 1. The van der Waals surface area contributed by atoms with Crippen LogP contribution in [0.25, 0.3) is 22.0 Å². The van der Waals surface area contributed by atoms with Crippen molar-refractivity contribution in [2.45, 2.75) is 38.8 Å². The number of hydrogen-bond donors (Lipinski definition) is 2. The number of hydrogen-bond acceptors (Lipinski definition) is 6. The second-order valence-corrected chi connectivity index (χ2v) is 8.58. The van der Waals surface area contributed by atoms with E-state index in [-0.39, 0.29) is 18.5 Å². The lowest BCUT2D eigenvalue weighted by molar-refractivity contribution is -0.146. The Morgan fingerprint density at radius 2 is 1.85 bits per heavy atom. The summed E-state index contributed by atoms with van der Waals surface area (Å²) < 4.78 is 2.91. The van der Waals surface area contributed by atoms with Gasteiger partial charge >= 0.3 is 5.97 Å². The van der Waals surface area contributed by atoms with Crippen LogP contribution in [-0.4, -0.2) is 47.1 Å². The minimum Gasteiger partial charge on any atom is -0.481 e. The molecule has 2 N–H and O–H groups in total. The van der Waals surface area contributed by atoms with Gasteiger partial charge in [-0.3, -0.25) is 14.3 Å². The molecule has 2 heterocycles. The lowest BCUT2D eigenvalue weighted by Gasteiger charge is -2.19. The molecule has 0 unspecified atom stereocenters. The third-order valence-corrected chi connectivity index (χ3v) is 6.03. The molecule has 0 saturated carbocycles. The van der Waals surface area contributed by atoms with Crippen LogP contribution >= 0.6 is 0 Å². The predicted octanol–water partition coefficient (Wildman–Crippen LogP) is 2.59. The van der Waals surface area contributed by atoms with Crippen molar-refractivity contribution < 1.29 is 15.0 Å². The molecular formula is C25H27N5O4. The predicted molar refractivity (Wildman–Crippen MR) is 127 cm³/mol. The largest absolute Gasteiger partial charge is 0.481 e. The third-order valence-electron chi connectivity index (χ3n) is 6.03. The zero-order valence-corrected chi connectivity index (χ0v) is 19.1. The van der Waals surface area contributed by atoms with Crippen LogP contribution in [0.4, 0.5) is 0 Å². The summed E-state index contributed by atoms with van der Waals surface area (Å²) in [4.78, 5) is 24.5. The highest BCUT2D eigenvalue weighted by molar-refractivity contribution is 5.77. The normalized spacial score (nSPS) is 13.1. The van der Waals surface area contributed by atoms with Crippen LogP contribution < -0.4 is 5.56 Å². The minimum absolute atomic E-state index is 0.0591. The van der Waals surface area contributed by atoms with Crippen LogP contribution in [0.1, 0.15) is 24.0 Å². The van der Waals surface area contributed by atoms with Crippen LogP contribution in [0.15, 0.2) is 59.7 Å². The molecule has 0 aliphatic carbocycles. The van der Waals surface area contributed by atoms with Gasteiger partial charge in [0.05, 0.1) is 23.6 Å². The molecule has 0 bridgehead atoms. The number of aliphatic hydroxyl groups excluding tert-OH is 1. The van der Waals surface area contributed by atoms with Gasteiger partial charge in [-0.15, -0.1) is 5.10 Å². The number of nitrogens with zero attached hydrogens (tertiary/aromatic N) is 5. The van der Waals surface area contributed by atoms with Crippen LogP contribution in [0.5, 0.6) is 0 Å². The van der Waals surface area contributed by atoms with Gasteiger partial charge in [-0.1, -0.05) is 41.1 Å². The SMILES string of the molecule is Cc1ccc2nnn(CC[C@H](C(=O)O)[C@H](O)CCc3ccc(-c4cnn(C)c4)cc3)c(=O)c2c1. The zero-order valence-electron chi connectivity index (χ0n) is 19.1. The van der Waals surface area contributed by atoms with Gasteiger partial charge in [0.15, 0.2) is 0 Å². The Balaban J connectivity index is 1.39. The van der Waals surface area contributed by atoms with E-state index in [1.165, 1.54) is 4.68 Å². The smallest absolute Gasteiger partial charge is 0.309 e. The molecule has 2 aromatic carbocycles. The zero-order chi connectivity index (χ0) is 24.2. The van der Waals surface area contributed by atoms with Gasteiger partial charge < -0.3 is 10.2 Å². The van der Waals surface area contributed by atoms with Gasteiger partial charge in [-0.05, 0) is 49.4 Å². The van der Waals surface area contributed by atoms with Gasteiger partial charge in [-0.25, -0.2) is 4.68 Å². The van der Waals surface area contributed by atoms with Crippen molar-refractivity contribution in [2.75, 3.05) is 0 Å². The second-order valence-electron chi connectivity index (χ2n) is 8.58. The molecule has 0 saturated heterocycles. The fourth-order valence-electron chi connectivity index (χ4n) is 4.03. The topological polar surface area (TPSA) is 123 Å². The fraction of sp³-hybridized carbons (Fsp3) is 0.320. The van der Waals surface area contributed by atoms with Gasteiger partial charge in [0.1, 0.15) is 5.52 Å². The first-order valence-corrected chi connectivity index (χ1v) is 11.1. The maximum absolute atomic E-state index is 12.7. The van der Waals surface area contributed by atoms with E-state index in [1.54, 1.807) is 23.0 Å².